The standard InChI is InChI=1S/C14H14F3NO/c1-10-6-7-19-13(10)9-18-8-11-4-2-3-5-12(11)14(15,16)17/h2-7,18H,8-9H2,1H3. The molecular formula is C14H14F3NO. The van der Waals surface area contributed by atoms with Crippen molar-refractivity contribution in [3.05, 3.63) is 59.0 Å². The van der Waals surface area contributed by atoms with Crippen LogP contribution in [0.5, 0.6) is 0 Å². The monoisotopic (exact) mass is 269 g/mol. The van der Waals surface area contributed by atoms with E-state index in [1.807, 2.05) is 13.0 Å². The molecule has 0 amide bonds. The van der Waals surface area contributed by atoms with Crippen molar-refractivity contribution in [2.75, 3.05) is 0 Å². The van der Waals surface area contributed by atoms with Crippen LogP contribution in [0.3, 0.4) is 0 Å². The zero-order valence-corrected chi connectivity index (χ0v) is 10.4. The van der Waals surface area contributed by atoms with Crippen molar-refractivity contribution in [2.24, 2.45) is 0 Å². The highest BCUT2D eigenvalue weighted by Gasteiger charge is 2.32. The Kier molecular flexibility index (Phi) is 3.95. The quantitative estimate of drug-likeness (QED) is 0.910. The summed E-state index contributed by atoms with van der Waals surface area (Å²) < 4.78 is 43.5. The van der Waals surface area contributed by atoms with Gasteiger partial charge in [0.2, 0.25) is 0 Å². The van der Waals surface area contributed by atoms with Gasteiger partial charge in [-0.2, -0.15) is 13.2 Å². The summed E-state index contributed by atoms with van der Waals surface area (Å²) >= 11 is 0. The van der Waals surface area contributed by atoms with E-state index in [-0.39, 0.29) is 12.1 Å². The average molecular weight is 269 g/mol. The van der Waals surface area contributed by atoms with Crippen LogP contribution in [0.15, 0.2) is 41.0 Å². The highest BCUT2D eigenvalue weighted by atomic mass is 19.4. The molecular weight excluding hydrogens is 255 g/mol. The van der Waals surface area contributed by atoms with Gasteiger partial charge in [0.1, 0.15) is 5.76 Å². The maximum absolute atomic E-state index is 12.8. The topological polar surface area (TPSA) is 25.2 Å². The fourth-order valence-corrected chi connectivity index (χ4v) is 1.85. The summed E-state index contributed by atoms with van der Waals surface area (Å²) in [5.74, 6) is 0.740. The molecule has 0 aliphatic rings. The van der Waals surface area contributed by atoms with Gasteiger partial charge in [-0.05, 0) is 30.2 Å². The van der Waals surface area contributed by atoms with E-state index < -0.39 is 11.7 Å². The zero-order chi connectivity index (χ0) is 13.9. The number of nitrogens with one attached hydrogen (secondary N) is 1. The summed E-state index contributed by atoms with van der Waals surface area (Å²) in [6.07, 6.45) is -2.76. The third kappa shape index (κ3) is 3.38. The van der Waals surface area contributed by atoms with Gasteiger partial charge in [-0.25, -0.2) is 0 Å². The van der Waals surface area contributed by atoms with Gasteiger partial charge in [-0.3, -0.25) is 0 Å². The first kappa shape index (κ1) is 13.7. The van der Waals surface area contributed by atoms with E-state index in [9.17, 15) is 13.2 Å². The first-order valence-electron chi connectivity index (χ1n) is 5.87. The summed E-state index contributed by atoms with van der Waals surface area (Å²) in [6, 6.07) is 7.38. The largest absolute Gasteiger partial charge is 0.468 e. The van der Waals surface area contributed by atoms with Gasteiger partial charge in [0, 0.05) is 6.54 Å². The molecule has 0 spiro atoms. The predicted octanol–water partition coefficient (Wildman–Crippen LogP) is 3.90. The molecule has 5 heteroatoms. The fraction of sp³-hybridized carbons (Fsp3) is 0.286. The van der Waals surface area contributed by atoms with Gasteiger partial charge >= 0.3 is 6.18 Å². The molecule has 0 fully saturated rings. The van der Waals surface area contributed by atoms with Crippen LogP contribution in [-0.4, -0.2) is 0 Å². The summed E-state index contributed by atoms with van der Waals surface area (Å²) in [5, 5.41) is 2.96. The van der Waals surface area contributed by atoms with E-state index in [4.69, 9.17) is 4.42 Å². The summed E-state index contributed by atoms with van der Waals surface area (Å²) in [4.78, 5) is 0. The summed E-state index contributed by atoms with van der Waals surface area (Å²) in [7, 11) is 0. The summed E-state index contributed by atoms with van der Waals surface area (Å²) in [6.45, 7) is 2.45. The van der Waals surface area contributed by atoms with Gasteiger partial charge in [0.15, 0.2) is 0 Å². The minimum absolute atomic E-state index is 0.149. The van der Waals surface area contributed by atoms with E-state index in [0.717, 1.165) is 17.4 Å². The molecule has 102 valence electrons. The van der Waals surface area contributed by atoms with Crippen LogP contribution in [0.25, 0.3) is 0 Å². The number of benzene rings is 1. The number of hydrogen-bond acceptors (Lipinski definition) is 2. The molecule has 0 saturated carbocycles. The highest BCUT2D eigenvalue weighted by molar-refractivity contribution is 5.29. The Balaban J connectivity index is 2.02. The van der Waals surface area contributed by atoms with Gasteiger partial charge in [0.05, 0.1) is 18.4 Å². The summed E-state index contributed by atoms with van der Waals surface area (Å²) in [5.41, 5.74) is 0.620. The molecule has 1 N–H and O–H groups in total. The Morgan fingerprint density at radius 2 is 1.84 bits per heavy atom. The van der Waals surface area contributed by atoms with Crippen molar-refractivity contribution in [1.29, 1.82) is 0 Å². The Labute approximate surface area is 109 Å². The smallest absolute Gasteiger partial charge is 0.416 e. The maximum Gasteiger partial charge on any atom is 0.416 e. The molecule has 2 aromatic rings. The first-order valence-corrected chi connectivity index (χ1v) is 5.87. The number of furan rings is 1. The lowest BCUT2D eigenvalue weighted by Gasteiger charge is -2.12. The lowest BCUT2D eigenvalue weighted by atomic mass is 10.1. The van der Waals surface area contributed by atoms with Crippen LogP contribution >= 0.6 is 0 Å². The third-order valence-corrected chi connectivity index (χ3v) is 2.89. The van der Waals surface area contributed by atoms with Crippen LogP contribution in [0.4, 0.5) is 13.2 Å². The molecule has 1 heterocycles. The minimum atomic E-state index is -4.32. The molecule has 1 aromatic heterocycles. The maximum atomic E-state index is 12.8. The van der Waals surface area contributed by atoms with Gasteiger partial charge < -0.3 is 9.73 Å². The van der Waals surface area contributed by atoms with E-state index in [1.165, 1.54) is 12.1 Å². The number of hydrogen-bond donors (Lipinski definition) is 1. The van der Waals surface area contributed by atoms with Crippen molar-refractivity contribution < 1.29 is 17.6 Å². The van der Waals surface area contributed by atoms with Crippen LogP contribution in [-0.2, 0) is 19.3 Å². The molecule has 2 rings (SSSR count). The van der Waals surface area contributed by atoms with Crippen molar-refractivity contribution in [3.8, 4) is 0 Å². The second-order valence-electron chi connectivity index (χ2n) is 4.29. The number of halogens is 3. The van der Waals surface area contributed by atoms with E-state index in [1.54, 1.807) is 12.3 Å². The molecule has 0 radical (unpaired) electrons. The SMILES string of the molecule is Cc1ccoc1CNCc1ccccc1C(F)(F)F. The number of alkyl halides is 3. The third-order valence-electron chi connectivity index (χ3n) is 2.89. The molecule has 0 bridgehead atoms. The van der Waals surface area contributed by atoms with Crippen molar-refractivity contribution in [3.63, 3.8) is 0 Å². The number of aryl methyl sites for hydroxylation is 1. The molecule has 2 nitrogen and oxygen atoms in total. The Hall–Kier alpha value is -1.75. The van der Waals surface area contributed by atoms with Gasteiger partial charge in [-0.15, -0.1) is 0 Å². The van der Waals surface area contributed by atoms with Crippen molar-refractivity contribution >= 4 is 0 Å². The number of rotatable bonds is 4. The van der Waals surface area contributed by atoms with Crippen molar-refractivity contribution in [2.45, 2.75) is 26.2 Å². The van der Waals surface area contributed by atoms with Crippen LogP contribution in [0.1, 0.15) is 22.5 Å². The van der Waals surface area contributed by atoms with Crippen LogP contribution < -0.4 is 5.32 Å². The van der Waals surface area contributed by atoms with Crippen molar-refractivity contribution in [1.82, 2.24) is 5.32 Å². The van der Waals surface area contributed by atoms with Gasteiger partial charge in [-0.1, -0.05) is 18.2 Å². The van der Waals surface area contributed by atoms with E-state index >= 15 is 0 Å². The zero-order valence-electron chi connectivity index (χ0n) is 10.4. The lowest BCUT2D eigenvalue weighted by molar-refractivity contribution is -0.138. The first-order chi connectivity index (χ1) is 8.98. The second-order valence-corrected chi connectivity index (χ2v) is 4.29. The molecule has 0 unspecified atom stereocenters. The van der Waals surface area contributed by atoms with E-state index in [2.05, 4.69) is 5.32 Å². The van der Waals surface area contributed by atoms with Crippen LogP contribution in [0.2, 0.25) is 0 Å². The fourth-order valence-electron chi connectivity index (χ4n) is 1.85. The molecule has 19 heavy (non-hydrogen) atoms. The molecule has 0 aliphatic carbocycles. The highest BCUT2D eigenvalue weighted by Crippen LogP contribution is 2.31. The minimum Gasteiger partial charge on any atom is -0.468 e. The Bertz CT molecular complexity index is 546. The van der Waals surface area contributed by atoms with E-state index in [0.29, 0.717) is 6.54 Å². The van der Waals surface area contributed by atoms with Crippen LogP contribution in [0, 0.1) is 6.92 Å². The molecule has 1 aromatic carbocycles. The second kappa shape index (κ2) is 5.48. The normalized spacial score (nSPS) is 11.8. The Morgan fingerprint density at radius 1 is 1.11 bits per heavy atom. The molecule has 0 atom stereocenters. The predicted molar refractivity (Wildman–Crippen MR) is 65.4 cm³/mol. The average Bonchev–Trinajstić information content (AvgIpc) is 2.75. The van der Waals surface area contributed by atoms with Gasteiger partial charge in [0.25, 0.3) is 0 Å². The Morgan fingerprint density at radius 3 is 2.47 bits per heavy atom. The lowest BCUT2D eigenvalue weighted by Crippen LogP contribution is -2.17. The molecule has 0 aliphatic heterocycles. The molecule has 0 saturated heterocycles.